The Hall–Kier alpha value is -0.820. The van der Waals surface area contributed by atoms with Gasteiger partial charge in [0.25, 0.3) is 0 Å². The Morgan fingerprint density at radius 3 is 2.22 bits per heavy atom. The van der Waals surface area contributed by atoms with Crippen molar-refractivity contribution in [2.24, 2.45) is 5.92 Å². The summed E-state index contributed by atoms with van der Waals surface area (Å²) in [7, 11) is 2.12. The predicted molar refractivity (Wildman–Crippen MR) is 78.9 cm³/mol. The van der Waals surface area contributed by atoms with Crippen LogP contribution in [0.2, 0.25) is 0 Å². The summed E-state index contributed by atoms with van der Waals surface area (Å²) in [4.78, 5) is 0. The van der Waals surface area contributed by atoms with Crippen LogP contribution in [0.1, 0.15) is 61.3 Å². The van der Waals surface area contributed by atoms with Crippen molar-refractivity contribution >= 4 is 0 Å². The van der Waals surface area contributed by atoms with Gasteiger partial charge in [0, 0.05) is 6.04 Å². The van der Waals surface area contributed by atoms with Gasteiger partial charge in [-0.15, -0.1) is 0 Å². The molecule has 1 N–H and O–H groups in total. The molecule has 1 atom stereocenters. The third-order valence-corrected chi connectivity index (χ3v) is 4.57. The van der Waals surface area contributed by atoms with Crippen LogP contribution in [0.15, 0.2) is 18.2 Å². The molecule has 1 unspecified atom stereocenters. The first-order valence-corrected chi connectivity index (χ1v) is 7.47. The van der Waals surface area contributed by atoms with Crippen LogP contribution in [-0.2, 0) is 0 Å². The van der Waals surface area contributed by atoms with Crippen molar-refractivity contribution in [3.05, 3.63) is 34.9 Å². The second-order valence-corrected chi connectivity index (χ2v) is 5.86. The summed E-state index contributed by atoms with van der Waals surface area (Å²) in [5.74, 6) is 0.819. The summed E-state index contributed by atoms with van der Waals surface area (Å²) < 4.78 is 0. The molecule has 0 aliphatic heterocycles. The predicted octanol–water partition coefficient (Wildman–Crippen LogP) is 4.53. The van der Waals surface area contributed by atoms with E-state index in [1.54, 1.807) is 0 Å². The first-order valence-electron chi connectivity index (χ1n) is 7.47. The summed E-state index contributed by atoms with van der Waals surface area (Å²) in [5, 5.41) is 3.56. The molecule has 100 valence electrons. The van der Waals surface area contributed by atoms with Crippen molar-refractivity contribution in [3.63, 3.8) is 0 Å². The molecule has 1 nitrogen and oxygen atoms in total. The first kappa shape index (κ1) is 13.6. The van der Waals surface area contributed by atoms with Crippen LogP contribution in [0.3, 0.4) is 0 Å². The monoisotopic (exact) mass is 245 g/mol. The van der Waals surface area contributed by atoms with Crippen LogP contribution < -0.4 is 5.32 Å². The Labute approximate surface area is 112 Å². The summed E-state index contributed by atoms with van der Waals surface area (Å²) in [6.45, 7) is 4.41. The van der Waals surface area contributed by atoms with Gasteiger partial charge >= 0.3 is 0 Å². The van der Waals surface area contributed by atoms with Gasteiger partial charge in [0.1, 0.15) is 0 Å². The van der Waals surface area contributed by atoms with E-state index in [1.165, 1.54) is 55.2 Å². The molecule has 0 amide bonds. The zero-order chi connectivity index (χ0) is 13.0. The van der Waals surface area contributed by atoms with Gasteiger partial charge in [-0.05, 0) is 56.3 Å². The van der Waals surface area contributed by atoms with Gasteiger partial charge in [-0.3, -0.25) is 0 Å². The van der Waals surface area contributed by atoms with E-state index in [1.807, 2.05) is 0 Å². The molecule has 2 rings (SSSR count). The fraction of sp³-hybridized carbons (Fsp3) is 0.647. The third-order valence-electron chi connectivity index (χ3n) is 4.57. The van der Waals surface area contributed by atoms with E-state index in [9.17, 15) is 0 Å². The first-order chi connectivity index (χ1) is 8.72. The molecule has 0 heterocycles. The minimum atomic E-state index is 0.544. The number of nitrogens with one attached hydrogen (secondary N) is 1. The molecule has 1 aromatic carbocycles. The lowest BCUT2D eigenvalue weighted by Crippen LogP contribution is -2.25. The molecule has 0 spiro atoms. The number of rotatable bonds is 3. The van der Waals surface area contributed by atoms with Crippen molar-refractivity contribution in [3.8, 4) is 0 Å². The second kappa shape index (κ2) is 6.38. The maximum Gasteiger partial charge on any atom is 0.0346 e. The lowest BCUT2D eigenvalue weighted by Gasteiger charge is -2.27. The summed E-state index contributed by atoms with van der Waals surface area (Å²) in [6, 6.07) is 7.50. The van der Waals surface area contributed by atoms with Crippen LogP contribution in [-0.4, -0.2) is 7.05 Å². The van der Waals surface area contributed by atoms with E-state index in [0.717, 1.165) is 5.92 Å². The maximum atomic E-state index is 3.56. The molecule has 0 aromatic heterocycles. The molecule has 0 saturated heterocycles. The average molecular weight is 245 g/mol. The van der Waals surface area contributed by atoms with Crippen molar-refractivity contribution in [1.29, 1.82) is 0 Å². The van der Waals surface area contributed by atoms with E-state index < -0.39 is 0 Å². The average Bonchev–Trinajstić information content (AvgIpc) is 2.64. The fourth-order valence-corrected chi connectivity index (χ4v) is 3.28. The van der Waals surface area contributed by atoms with E-state index in [-0.39, 0.29) is 0 Å². The topological polar surface area (TPSA) is 12.0 Å². The highest BCUT2D eigenvalue weighted by atomic mass is 14.9. The van der Waals surface area contributed by atoms with Gasteiger partial charge in [-0.1, -0.05) is 43.9 Å². The van der Waals surface area contributed by atoms with Crippen LogP contribution >= 0.6 is 0 Å². The molecule has 1 saturated carbocycles. The normalized spacial score (nSPS) is 19.5. The molecular formula is C17H27N. The summed E-state index contributed by atoms with van der Waals surface area (Å²) in [6.07, 6.45) is 8.46. The zero-order valence-electron chi connectivity index (χ0n) is 12.1. The molecule has 1 aliphatic carbocycles. The van der Waals surface area contributed by atoms with Crippen molar-refractivity contribution in [1.82, 2.24) is 5.32 Å². The van der Waals surface area contributed by atoms with Gasteiger partial charge in [-0.25, -0.2) is 0 Å². The molecule has 1 heteroatoms. The highest BCUT2D eigenvalue weighted by Crippen LogP contribution is 2.33. The zero-order valence-corrected chi connectivity index (χ0v) is 12.1. The van der Waals surface area contributed by atoms with Gasteiger partial charge < -0.3 is 5.32 Å². The molecule has 18 heavy (non-hydrogen) atoms. The minimum absolute atomic E-state index is 0.544. The molecule has 1 aliphatic rings. The summed E-state index contributed by atoms with van der Waals surface area (Å²) >= 11 is 0. The number of aryl methyl sites for hydroxylation is 2. The quantitative estimate of drug-likeness (QED) is 0.771. The van der Waals surface area contributed by atoms with E-state index in [2.05, 4.69) is 44.4 Å². The van der Waals surface area contributed by atoms with E-state index >= 15 is 0 Å². The maximum absolute atomic E-state index is 3.56. The largest absolute Gasteiger partial charge is 0.313 e. The third kappa shape index (κ3) is 3.14. The van der Waals surface area contributed by atoms with Crippen LogP contribution in [0.25, 0.3) is 0 Å². The van der Waals surface area contributed by atoms with Crippen LogP contribution in [0.5, 0.6) is 0 Å². The Bertz CT molecular complexity index is 375. The van der Waals surface area contributed by atoms with E-state index in [0.29, 0.717) is 6.04 Å². The van der Waals surface area contributed by atoms with Crippen molar-refractivity contribution in [2.75, 3.05) is 7.05 Å². The fourth-order valence-electron chi connectivity index (χ4n) is 3.28. The van der Waals surface area contributed by atoms with Crippen LogP contribution in [0, 0.1) is 19.8 Å². The Kier molecular flexibility index (Phi) is 4.82. The summed E-state index contributed by atoms with van der Waals surface area (Å²) in [5.41, 5.74) is 4.29. The smallest absolute Gasteiger partial charge is 0.0346 e. The van der Waals surface area contributed by atoms with Gasteiger partial charge in [0.05, 0.1) is 0 Å². The van der Waals surface area contributed by atoms with Crippen molar-refractivity contribution < 1.29 is 0 Å². The number of hydrogen-bond donors (Lipinski definition) is 1. The molecule has 1 fully saturated rings. The Morgan fingerprint density at radius 2 is 1.67 bits per heavy atom. The Morgan fingerprint density at radius 1 is 1.00 bits per heavy atom. The second-order valence-electron chi connectivity index (χ2n) is 5.86. The highest BCUT2D eigenvalue weighted by molar-refractivity contribution is 5.32. The van der Waals surface area contributed by atoms with Gasteiger partial charge in [0.15, 0.2) is 0 Å². The SMILES string of the molecule is CNC(c1ccc(C)c(C)c1)C1CCCCCC1. The van der Waals surface area contributed by atoms with Gasteiger partial charge in [0.2, 0.25) is 0 Å². The molecular weight excluding hydrogens is 218 g/mol. The number of hydrogen-bond acceptors (Lipinski definition) is 1. The molecule has 0 bridgehead atoms. The Balaban J connectivity index is 2.17. The van der Waals surface area contributed by atoms with E-state index in [4.69, 9.17) is 0 Å². The lowest BCUT2D eigenvalue weighted by molar-refractivity contribution is 0.341. The van der Waals surface area contributed by atoms with Crippen molar-refractivity contribution in [2.45, 2.75) is 58.4 Å². The van der Waals surface area contributed by atoms with Crippen LogP contribution in [0.4, 0.5) is 0 Å². The molecule has 0 radical (unpaired) electrons. The van der Waals surface area contributed by atoms with Gasteiger partial charge in [-0.2, -0.15) is 0 Å². The standard InChI is InChI=1S/C17H27N/c1-13-10-11-16(12-14(13)2)17(18-3)15-8-6-4-5-7-9-15/h10-12,15,17-18H,4-9H2,1-3H3. The number of benzene rings is 1. The minimum Gasteiger partial charge on any atom is -0.313 e. The lowest BCUT2D eigenvalue weighted by atomic mass is 9.86. The molecule has 1 aromatic rings. The highest BCUT2D eigenvalue weighted by Gasteiger charge is 2.22.